The van der Waals surface area contributed by atoms with E-state index in [1.807, 2.05) is 0 Å². The Morgan fingerprint density at radius 3 is 2.80 bits per heavy atom. The number of carboxylic acid groups (broad SMARTS) is 1. The molecule has 0 aromatic carbocycles. The van der Waals surface area contributed by atoms with Crippen molar-refractivity contribution in [3.8, 4) is 0 Å². The standard InChI is InChI=1S/C10H18N2O3/c1-7(10(11)15)6-12-4-2-3-8(12)5-9(13)14/h7-8H,2-6H2,1H3,(H2,11,15)(H,13,14). The fraction of sp³-hybridized carbons (Fsp3) is 0.800. The van der Waals surface area contributed by atoms with Crippen LogP contribution in [-0.2, 0) is 9.59 Å². The third kappa shape index (κ3) is 3.51. The maximum Gasteiger partial charge on any atom is 0.304 e. The third-order valence-corrected chi connectivity index (χ3v) is 2.90. The Morgan fingerprint density at radius 1 is 1.60 bits per heavy atom. The van der Waals surface area contributed by atoms with Gasteiger partial charge in [0.05, 0.1) is 6.42 Å². The van der Waals surface area contributed by atoms with Gasteiger partial charge in [-0.2, -0.15) is 0 Å². The van der Waals surface area contributed by atoms with Crippen LogP contribution in [0.15, 0.2) is 0 Å². The van der Waals surface area contributed by atoms with Crippen LogP contribution in [-0.4, -0.2) is 41.0 Å². The number of carbonyl (C=O) groups is 2. The molecule has 1 aliphatic rings. The second kappa shape index (κ2) is 5.11. The second-order valence-electron chi connectivity index (χ2n) is 4.19. The summed E-state index contributed by atoms with van der Waals surface area (Å²) in [5.74, 6) is -1.31. The molecule has 5 nitrogen and oxygen atoms in total. The largest absolute Gasteiger partial charge is 0.481 e. The van der Waals surface area contributed by atoms with Crippen molar-refractivity contribution in [3.05, 3.63) is 0 Å². The predicted octanol–water partition coefficient (Wildman–Crippen LogP) is 0.0469. The molecule has 0 bridgehead atoms. The van der Waals surface area contributed by atoms with Gasteiger partial charge in [0.25, 0.3) is 0 Å². The van der Waals surface area contributed by atoms with Crippen molar-refractivity contribution in [1.82, 2.24) is 4.90 Å². The lowest BCUT2D eigenvalue weighted by molar-refractivity contribution is -0.138. The molecule has 1 heterocycles. The van der Waals surface area contributed by atoms with Gasteiger partial charge >= 0.3 is 5.97 Å². The summed E-state index contributed by atoms with van der Waals surface area (Å²) in [4.78, 5) is 23.6. The Hall–Kier alpha value is -1.10. The van der Waals surface area contributed by atoms with Gasteiger partial charge in [0.2, 0.25) is 5.91 Å². The SMILES string of the molecule is CC(CN1CCCC1CC(=O)O)C(N)=O. The predicted molar refractivity (Wildman–Crippen MR) is 55.2 cm³/mol. The van der Waals surface area contributed by atoms with Crippen LogP contribution < -0.4 is 5.73 Å². The van der Waals surface area contributed by atoms with Gasteiger partial charge < -0.3 is 10.8 Å². The molecule has 2 atom stereocenters. The fourth-order valence-electron chi connectivity index (χ4n) is 2.01. The summed E-state index contributed by atoms with van der Waals surface area (Å²) in [6.07, 6.45) is 2.06. The number of nitrogens with two attached hydrogens (primary N) is 1. The second-order valence-corrected chi connectivity index (χ2v) is 4.19. The van der Waals surface area contributed by atoms with Crippen LogP contribution in [0.25, 0.3) is 0 Å². The maximum absolute atomic E-state index is 10.9. The lowest BCUT2D eigenvalue weighted by Gasteiger charge is -2.25. The zero-order chi connectivity index (χ0) is 11.4. The van der Waals surface area contributed by atoms with E-state index >= 15 is 0 Å². The summed E-state index contributed by atoms with van der Waals surface area (Å²) in [7, 11) is 0. The first-order valence-electron chi connectivity index (χ1n) is 5.26. The molecule has 1 amide bonds. The van der Waals surface area contributed by atoms with Gasteiger partial charge in [-0.3, -0.25) is 14.5 Å². The molecule has 86 valence electrons. The molecule has 3 N–H and O–H groups in total. The summed E-state index contributed by atoms with van der Waals surface area (Å²) >= 11 is 0. The molecule has 0 radical (unpaired) electrons. The topological polar surface area (TPSA) is 83.6 Å². The molecule has 0 aliphatic carbocycles. The van der Waals surface area contributed by atoms with E-state index in [0.717, 1.165) is 19.4 Å². The highest BCUT2D eigenvalue weighted by Gasteiger charge is 2.28. The third-order valence-electron chi connectivity index (χ3n) is 2.90. The number of amides is 1. The average Bonchev–Trinajstić information content (AvgIpc) is 2.51. The Labute approximate surface area is 89.2 Å². The van der Waals surface area contributed by atoms with E-state index in [9.17, 15) is 9.59 Å². The number of likely N-dealkylation sites (tertiary alicyclic amines) is 1. The van der Waals surface area contributed by atoms with E-state index in [4.69, 9.17) is 10.8 Å². The van der Waals surface area contributed by atoms with Crippen molar-refractivity contribution in [1.29, 1.82) is 0 Å². The van der Waals surface area contributed by atoms with Crippen LogP contribution in [0.1, 0.15) is 26.2 Å². The van der Waals surface area contributed by atoms with E-state index in [1.165, 1.54) is 0 Å². The highest BCUT2D eigenvalue weighted by molar-refractivity contribution is 5.76. The Kier molecular flexibility index (Phi) is 4.08. The minimum absolute atomic E-state index is 0.0734. The summed E-state index contributed by atoms with van der Waals surface area (Å²) in [5.41, 5.74) is 5.18. The molecule has 0 spiro atoms. The molecule has 2 unspecified atom stereocenters. The summed E-state index contributed by atoms with van der Waals surface area (Å²) in [6.45, 7) is 3.22. The van der Waals surface area contributed by atoms with Gasteiger partial charge in [-0.15, -0.1) is 0 Å². The number of aliphatic carboxylic acids is 1. The minimum Gasteiger partial charge on any atom is -0.481 e. The molecule has 1 rings (SSSR count). The molecule has 0 aromatic rings. The van der Waals surface area contributed by atoms with Crippen molar-refractivity contribution in [2.24, 2.45) is 11.7 Å². The zero-order valence-electron chi connectivity index (χ0n) is 8.98. The van der Waals surface area contributed by atoms with Gasteiger partial charge in [0, 0.05) is 18.5 Å². The smallest absolute Gasteiger partial charge is 0.304 e. The monoisotopic (exact) mass is 214 g/mol. The number of hydrogen-bond donors (Lipinski definition) is 2. The quantitative estimate of drug-likeness (QED) is 0.677. The van der Waals surface area contributed by atoms with Crippen LogP contribution in [0.5, 0.6) is 0 Å². The molecule has 1 saturated heterocycles. The lowest BCUT2D eigenvalue weighted by Crippen LogP contribution is -2.38. The van der Waals surface area contributed by atoms with Crippen molar-refractivity contribution >= 4 is 11.9 Å². The maximum atomic E-state index is 10.9. The van der Waals surface area contributed by atoms with E-state index < -0.39 is 5.97 Å². The molecule has 1 aliphatic heterocycles. The van der Waals surface area contributed by atoms with Crippen molar-refractivity contribution < 1.29 is 14.7 Å². The first kappa shape index (κ1) is 12.0. The van der Waals surface area contributed by atoms with Crippen molar-refractivity contribution in [2.75, 3.05) is 13.1 Å². The number of hydrogen-bond acceptors (Lipinski definition) is 3. The van der Waals surface area contributed by atoms with Crippen LogP contribution in [0, 0.1) is 5.92 Å². The number of carboxylic acids is 1. The highest BCUT2D eigenvalue weighted by Crippen LogP contribution is 2.21. The Morgan fingerprint density at radius 2 is 2.27 bits per heavy atom. The van der Waals surface area contributed by atoms with E-state index in [1.54, 1.807) is 6.92 Å². The molecule has 1 fully saturated rings. The number of nitrogens with zero attached hydrogens (tertiary/aromatic N) is 1. The number of primary amides is 1. The highest BCUT2D eigenvalue weighted by atomic mass is 16.4. The fourth-order valence-corrected chi connectivity index (χ4v) is 2.01. The lowest BCUT2D eigenvalue weighted by atomic mass is 10.1. The molecule has 0 saturated carbocycles. The van der Waals surface area contributed by atoms with Gasteiger partial charge in [0.1, 0.15) is 0 Å². The van der Waals surface area contributed by atoms with Crippen LogP contribution in [0.3, 0.4) is 0 Å². The Balaban J connectivity index is 2.46. The van der Waals surface area contributed by atoms with E-state index in [2.05, 4.69) is 4.90 Å². The van der Waals surface area contributed by atoms with Crippen LogP contribution in [0.2, 0.25) is 0 Å². The van der Waals surface area contributed by atoms with E-state index in [0.29, 0.717) is 6.54 Å². The van der Waals surface area contributed by atoms with Crippen molar-refractivity contribution in [2.45, 2.75) is 32.2 Å². The summed E-state index contributed by atoms with van der Waals surface area (Å²) in [5, 5.41) is 8.72. The van der Waals surface area contributed by atoms with Crippen LogP contribution >= 0.6 is 0 Å². The van der Waals surface area contributed by atoms with Crippen LogP contribution in [0.4, 0.5) is 0 Å². The van der Waals surface area contributed by atoms with E-state index in [-0.39, 0.29) is 24.3 Å². The molecular weight excluding hydrogens is 196 g/mol. The summed E-state index contributed by atoms with van der Waals surface area (Å²) in [6, 6.07) is 0.0734. The van der Waals surface area contributed by atoms with Gasteiger partial charge in [-0.1, -0.05) is 6.92 Å². The number of rotatable bonds is 5. The normalized spacial score (nSPS) is 23.9. The molecule has 15 heavy (non-hydrogen) atoms. The molecule has 0 aromatic heterocycles. The minimum atomic E-state index is -0.779. The zero-order valence-corrected chi connectivity index (χ0v) is 8.98. The first-order chi connectivity index (χ1) is 7.00. The molecular formula is C10H18N2O3. The Bertz CT molecular complexity index is 255. The number of carbonyl (C=O) groups excluding carboxylic acids is 1. The van der Waals surface area contributed by atoms with Crippen molar-refractivity contribution in [3.63, 3.8) is 0 Å². The molecule has 5 heteroatoms. The average molecular weight is 214 g/mol. The van der Waals surface area contributed by atoms with Gasteiger partial charge in [0.15, 0.2) is 0 Å². The van der Waals surface area contributed by atoms with Gasteiger partial charge in [-0.05, 0) is 19.4 Å². The van der Waals surface area contributed by atoms with Gasteiger partial charge in [-0.25, -0.2) is 0 Å². The summed E-state index contributed by atoms with van der Waals surface area (Å²) < 4.78 is 0. The first-order valence-corrected chi connectivity index (χ1v) is 5.26.